The molecule has 1 heterocycles. The zero-order valence-electron chi connectivity index (χ0n) is 12.0. The summed E-state index contributed by atoms with van der Waals surface area (Å²) in [4.78, 5) is 0. The molecule has 2 aromatic rings. The Morgan fingerprint density at radius 2 is 2.10 bits per heavy atom. The van der Waals surface area contributed by atoms with Crippen molar-refractivity contribution < 1.29 is 0 Å². The van der Waals surface area contributed by atoms with Gasteiger partial charge in [-0.3, -0.25) is 4.68 Å². The Labute approximate surface area is 128 Å². The van der Waals surface area contributed by atoms with Gasteiger partial charge in [0.1, 0.15) is 0 Å². The largest absolute Gasteiger partial charge is 0.319 e. The first kappa shape index (κ1) is 13.8. The summed E-state index contributed by atoms with van der Waals surface area (Å²) in [7, 11) is 3.99. The first-order valence-electron chi connectivity index (χ1n) is 7.19. The Morgan fingerprint density at radius 1 is 1.30 bits per heavy atom. The minimum atomic E-state index is 0.940. The molecule has 0 atom stereocenters. The van der Waals surface area contributed by atoms with Crippen molar-refractivity contribution in [1.82, 2.24) is 15.1 Å². The van der Waals surface area contributed by atoms with Crippen molar-refractivity contribution in [3.63, 3.8) is 0 Å². The molecule has 0 spiro atoms. The lowest BCUT2D eigenvalue weighted by Gasteiger charge is -2.06. The zero-order chi connectivity index (χ0) is 14.1. The van der Waals surface area contributed by atoms with Crippen molar-refractivity contribution in [3.05, 3.63) is 39.5 Å². The SMILES string of the molecule is CNCCc1nn(C)c(-c2ccc3c(c2)CCC3)c1Br. The van der Waals surface area contributed by atoms with Crippen molar-refractivity contribution in [3.8, 4) is 11.3 Å². The Morgan fingerprint density at radius 3 is 2.90 bits per heavy atom. The van der Waals surface area contributed by atoms with Crippen LogP contribution in [0, 0.1) is 0 Å². The maximum atomic E-state index is 4.65. The molecule has 1 aromatic heterocycles. The molecule has 106 valence electrons. The Kier molecular flexibility index (Phi) is 3.94. The molecular formula is C16H20BrN3. The number of likely N-dealkylation sites (N-methyl/N-ethyl adjacent to an activating group) is 1. The minimum Gasteiger partial charge on any atom is -0.319 e. The molecule has 0 unspecified atom stereocenters. The van der Waals surface area contributed by atoms with Gasteiger partial charge in [-0.25, -0.2) is 0 Å². The van der Waals surface area contributed by atoms with E-state index >= 15 is 0 Å². The number of aromatic nitrogens is 2. The van der Waals surface area contributed by atoms with Crippen LogP contribution in [0.5, 0.6) is 0 Å². The molecule has 20 heavy (non-hydrogen) atoms. The molecule has 1 aromatic carbocycles. The highest BCUT2D eigenvalue weighted by molar-refractivity contribution is 9.10. The summed E-state index contributed by atoms with van der Waals surface area (Å²) in [5.41, 5.74) is 6.60. The van der Waals surface area contributed by atoms with E-state index in [1.807, 2.05) is 18.8 Å². The Bertz CT molecular complexity index is 631. The number of hydrogen-bond acceptors (Lipinski definition) is 2. The van der Waals surface area contributed by atoms with Crippen molar-refractivity contribution in [2.75, 3.05) is 13.6 Å². The second kappa shape index (κ2) is 5.70. The number of fused-ring (bicyclic) bond motifs is 1. The molecule has 4 heteroatoms. The van der Waals surface area contributed by atoms with Gasteiger partial charge in [0.2, 0.25) is 0 Å². The molecule has 0 bridgehead atoms. The van der Waals surface area contributed by atoms with Crippen molar-refractivity contribution in [1.29, 1.82) is 0 Å². The van der Waals surface area contributed by atoms with Gasteiger partial charge in [-0.05, 0) is 59.4 Å². The average molecular weight is 334 g/mol. The smallest absolute Gasteiger partial charge is 0.0824 e. The van der Waals surface area contributed by atoms with E-state index in [1.54, 1.807) is 0 Å². The monoisotopic (exact) mass is 333 g/mol. The molecule has 0 saturated heterocycles. The van der Waals surface area contributed by atoms with E-state index in [-0.39, 0.29) is 0 Å². The molecule has 0 saturated carbocycles. The van der Waals surface area contributed by atoms with E-state index in [0.717, 1.165) is 23.1 Å². The minimum absolute atomic E-state index is 0.940. The number of nitrogens with one attached hydrogen (secondary N) is 1. The van der Waals surface area contributed by atoms with E-state index < -0.39 is 0 Å². The molecular weight excluding hydrogens is 314 g/mol. The zero-order valence-corrected chi connectivity index (χ0v) is 13.6. The molecule has 1 N–H and O–H groups in total. The lowest BCUT2D eigenvalue weighted by Crippen LogP contribution is -2.11. The third-order valence-corrected chi connectivity index (χ3v) is 4.87. The van der Waals surface area contributed by atoms with Gasteiger partial charge in [0.05, 0.1) is 15.9 Å². The van der Waals surface area contributed by atoms with Crippen molar-refractivity contribution >= 4 is 15.9 Å². The van der Waals surface area contributed by atoms with Crippen molar-refractivity contribution in [2.45, 2.75) is 25.7 Å². The summed E-state index contributed by atoms with van der Waals surface area (Å²) >= 11 is 3.74. The number of aryl methyl sites for hydroxylation is 3. The number of benzene rings is 1. The van der Waals surface area contributed by atoms with Gasteiger partial charge in [0, 0.05) is 25.6 Å². The van der Waals surface area contributed by atoms with Gasteiger partial charge in [-0.15, -0.1) is 0 Å². The van der Waals surface area contributed by atoms with E-state index in [0.29, 0.717) is 0 Å². The molecule has 0 amide bonds. The van der Waals surface area contributed by atoms with E-state index in [4.69, 9.17) is 0 Å². The molecule has 1 aliphatic carbocycles. The van der Waals surface area contributed by atoms with Gasteiger partial charge in [0.15, 0.2) is 0 Å². The van der Waals surface area contributed by atoms with E-state index in [1.165, 1.54) is 41.6 Å². The highest BCUT2D eigenvalue weighted by Gasteiger charge is 2.17. The second-order valence-corrected chi connectivity index (χ2v) is 6.22. The second-order valence-electron chi connectivity index (χ2n) is 5.42. The molecule has 3 rings (SSSR count). The summed E-state index contributed by atoms with van der Waals surface area (Å²) in [5.74, 6) is 0. The maximum absolute atomic E-state index is 4.65. The molecule has 0 aliphatic heterocycles. The van der Waals surface area contributed by atoms with Crippen LogP contribution in [0.1, 0.15) is 23.2 Å². The van der Waals surface area contributed by atoms with Crippen LogP contribution in [0.15, 0.2) is 22.7 Å². The van der Waals surface area contributed by atoms with Gasteiger partial charge >= 0.3 is 0 Å². The number of halogens is 1. The van der Waals surface area contributed by atoms with Crippen LogP contribution in [-0.2, 0) is 26.3 Å². The lowest BCUT2D eigenvalue weighted by molar-refractivity contribution is 0.720. The highest BCUT2D eigenvalue weighted by atomic mass is 79.9. The molecule has 0 fully saturated rings. The number of hydrogen-bond donors (Lipinski definition) is 1. The summed E-state index contributed by atoms with van der Waals surface area (Å²) in [5, 5.41) is 7.82. The van der Waals surface area contributed by atoms with Gasteiger partial charge in [-0.1, -0.05) is 12.1 Å². The normalized spacial score (nSPS) is 13.8. The lowest BCUT2D eigenvalue weighted by atomic mass is 10.0. The standard InChI is InChI=1S/C16H20BrN3/c1-18-9-8-14-15(17)16(20(2)19-14)13-7-6-11-4-3-5-12(11)10-13/h6-7,10,18H,3-5,8-9H2,1-2H3. The predicted molar refractivity (Wildman–Crippen MR) is 86.0 cm³/mol. The Hall–Kier alpha value is -1.13. The topological polar surface area (TPSA) is 29.9 Å². The fourth-order valence-corrected chi connectivity index (χ4v) is 3.75. The Balaban J connectivity index is 1.99. The van der Waals surface area contributed by atoms with Crippen LogP contribution in [0.4, 0.5) is 0 Å². The first-order chi connectivity index (χ1) is 9.70. The van der Waals surface area contributed by atoms with Gasteiger partial charge in [-0.2, -0.15) is 5.10 Å². The summed E-state index contributed by atoms with van der Waals surface area (Å²) < 4.78 is 3.12. The first-order valence-corrected chi connectivity index (χ1v) is 7.98. The van der Waals surface area contributed by atoms with Crippen LogP contribution in [0.2, 0.25) is 0 Å². The maximum Gasteiger partial charge on any atom is 0.0824 e. The average Bonchev–Trinajstić information content (AvgIpc) is 3.00. The van der Waals surface area contributed by atoms with Crippen LogP contribution < -0.4 is 5.32 Å². The summed E-state index contributed by atoms with van der Waals surface area (Å²) in [6.45, 7) is 0.944. The third-order valence-electron chi connectivity index (χ3n) is 4.04. The van der Waals surface area contributed by atoms with Gasteiger partial charge < -0.3 is 5.32 Å². The van der Waals surface area contributed by atoms with E-state index in [9.17, 15) is 0 Å². The van der Waals surface area contributed by atoms with Gasteiger partial charge in [0.25, 0.3) is 0 Å². The molecule has 3 nitrogen and oxygen atoms in total. The fourth-order valence-electron chi connectivity index (χ4n) is 2.99. The van der Waals surface area contributed by atoms with Crippen LogP contribution in [0.3, 0.4) is 0 Å². The predicted octanol–water partition coefficient (Wildman–Crippen LogP) is 3.10. The fraction of sp³-hybridized carbons (Fsp3) is 0.438. The van der Waals surface area contributed by atoms with Crippen LogP contribution in [0.25, 0.3) is 11.3 Å². The van der Waals surface area contributed by atoms with Crippen LogP contribution >= 0.6 is 15.9 Å². The van der Waals surface area contributed by atoms with Crippen molar-refractivity contribution in [2.24, 2.45) is 7.05 Å². The number of nitrogens with zero attached hydrogens (tertiary/aromatic N) is 2. The molecule has 0 radical (unpaired) electrons. The quantitative estimate of drug-likeness (QED) is 0.931. The summed E-state index contributed by atoms with van der Waals surface area (Å²) in [6, 6.07) is 6.85. The van der Waals surface area contributed by atoms with E-state index in [2.05, 4.69) is 44.5 Å². The van der Waals surface area contributed by atoms with Crippen LogP contribution in [-0.4, -0.2) is 23.4 Å². The third kappa shape index (κ3) is 2.42. The number of rotatable bonds is 4. The summed E-state index contributed by atoms with van der Waals surface area (Å²) in [6.07, 6.45) is 4.68. The highest BCUT2D eigenvalue weighted by Crippen LogP contribution is 2.33. The molecule has 1 aliphatic rings.